The van der Waals surface area contributed by atoms with Crippen molar-refractivity contribution in [2.75, 3.05) is 26.4 Å². The van der Waals surface area contributed by atoms with Crippen LogP contribution >= 0.6 is 7.82 Å². The van der Waals surface area contributed by atoms with E-state index >= 15 is 0 Å². The molecule has 0 saturated carbocycles. The number of rotatable bonds is 36. The Morgan fingerprint density at radius 2 is 1.29 bits per heavy atom. The highest BCUT2D eigenvalue weighted by Gasteiger charge is 2.26. The third kappa shape index (κ3) is 26.8. The molecule has 2 atom stereocenters. The fourth-order valence-corrected chi connectivity index (χ4v) is 6.84. The molecular weight excluding hydrogens is 721 g/mol. The van der Waals surface area contributed by atoms with Crippen molar-refractivity contribution < 1.29 is 46.8 Å². The van der Waals surface area contributed by atoms with Crippen LogP contribution in [0.15, 0.2) is 28.7 Å². The molecule has 12 heteroatoms. The van der Waals surface area contributed by atoms with E-state index in [2.05, 4.69) is 33.8 Å². The second-order valence-electron chi connectivity index (χ2n) is 14.5. The van der Waals surface area contributed by atoms with Crippen molar-refractivity contribution in [3.63, 3.8) is 0 Å². The number of ketones is 1. The Morgan fingerprint density at radius 1 is 0.709 bits per heavy atom. The first-order valence-corrected chi connectivity index (χ1v) is 22.6. The van der Waals surface area contributed by atoms with E-state index in [0.717, 1.165) is 114 Å². The minimum atomic E-state index is -4.41. The van der Waals surface area contributed by atoms with Gasteiger partial charge in [-0.25, -0.2) is 4.57 Å². The monoisotopic (exact) mass is 796 g/mol. The Hall–Kier alpha value is -2.56. The van der Waals surface area contributed by atoms with Crippen LogP contribution in [0.4, 0.5) is 0 Å². The van der Waals surface area contributed by atoms with Gasteiger partial charge in [0.25, 0.3) is 0 Å². The van der Waals surface area contributed by atoms with Gasteiger partial charge in [0.15, 0.2) is 11.9 Å². The molecular formula is C43H74NO10P. The summed E-state index contributed by atoms with van der Waals surface area (Å²) in [6.45, 7) is 7.73. The van der Waals surface area contributed by atoms with Gasteiger partial charge < -0.3 is 24.5 Å². The predicted molar refractivity (Wildman–Crippen MR) is 219 cm³/mol. The standard InChI is InChI=1S/C43H74NO10P/c1-5-7-21-27-38(45)28-22-17-13-9-8-10-16-20-25-31-43(47)53-39(35-52-55(48,49)51-33-32-44)34-50-42(46)30-24-19-15-12-11-14-18-23-29-41-37(4)36(3)40(54-41)26-6-2/h13,17,22,28,39H,5-12,14-16,18-21,23-27,29-35,44H2,1-4H3,(H,48,49)/b17-13-,28-22+/t39-/m1/s1. The summed E-state index contributed by atoms with van der Waals surface area (Å²) in [6.07, 6.45) is 27.5. The Balaban J connectivity index is 2.27. The van der Waals surface area contributed by atoms with Gasteiger partial charge in [0, 0.05) is 38.6 Å². The highest BCUT2D eigenvalue weighted by molar-refractivity contribution is 7.47. The third-order valence-electron chi connectivity index (χ3n) is 9.49. The van der Waals surface area contributed by atoms with Crippen LogP contribution in [0.25, 0.3) is 0 Å². The van der Waals surface area contributed by atoms with Gasteiger partial charge in [-0.15, -0.1) is 0 Å². The lowest BCUT2D eigenvalue weighted by molar-refractivity contribution is -0.161. The van der Waals surface area contributed by atoms with Gasteiger partial charge in [-0.3, -0.25) is 23.4 Å². The minimum absolute atomic E-state index is 0.0330. The quantitative estimate of drug-likeness (QED) is 0.0218. The summed E-state index contributed by atoms with van der Waals surface area (Å²) >= 11 is 0. The predicted octanol–water partition coefficient (Wildman–Crippen LogP) is 10.4. The van der Waals surface area contributed by atoms with Gasteiger partial charge in [-0.1, -0.05) is 103 Å². The van der Waals surface area contributed by atoms with Crippen molar-refractivity contribution in [3.8, 4) is 0 Å². The molecule has 0 bridgehead atoms. The number of esters is 2. The van der Waals surface area contributed by atoms with Crippen molar-refractivity contribution in [1.29, 1.82) is 0 Å². The average molecular weight is 796 g/mol. The largest absolute Gasteiger partial charge is 0.472 e. The van der Waals surface area contributed by atoms with E-state index in [1.165, 1.54) is 24.0 Å². The number of aryl methyl sites for hydroxylation is 2. The molecule has 1 aromatic rings. The number of hydrogen-bond acceptors (Lipinski definition) is 10. The summed E-state index contributed by atoms with van der Waals surface area (Å²) in [4.78, 5) is 46.7. The molecule has 316 valence electrons. The minimum Gasteiger partial charge on any atom is -0.466 e. The highest BCUT2D eigenvalue weighted by Crippen LogP contribution is 2.43. The number of nitrogens with two attached hydrogens (primary N) is 1. The smallest absolute Gasteiger partial charge is 0.466 e. The number of ether oxygens (including phenoxy) is 2. The topological polar surface area (TPSA) is 165 Å². The van der Waals surface area contributed by atoms with Crippen LogP contribution in [0.5, 0.6) is 0 Å². The van der Waals surface area contributed by atoms with Crippen molar-refractivity contribution >= 4 is 25.5 Å². The molecule has 55 heavy (non-hydrogen) atoms. The molecule has 0 aliphatic rings. The maximum Gasteiger partial charge on any atom is 0.472 e. The number of carbonyl (C=O) groups excluding carboxylic acids is 3. The second kappa shape index (κ2) is 32.5. The number of carbonyl (C=O) groups is 3. The lowest BCUT2D eigenvalue weighted by atomic mass is 10.0. The zero-order valence-corrected chi connectivity index (χ0v) is 35.5. The van der Waals surface area contributed by atoms with E-state index in [4.69, 9.17) is 28.7 Å². The summed E-state index contributed by atoms with van der Waals surface area (Å²) in [5.74, 6) is 1.54. The number of unbranched alkanes of at least 4 members (excludes halogenated alkanes) is 14. The maximum absolute atomic E-state index is 12.6. The van der Waals surface area contributed by atoms with Crippen LogP contribution in [0.1, 0.15) is 171 Å². The van der Waals surface area contributed by atoms with Crippen molar-refractivity contribution in [3.05, 3.63) is 47.0 Å². The fraction of sp³-hybridized carbons (Fsp3) is 0.744. The van der Waals surface area contributed by atoms with Crippen LogP contribution in [0.3, 0.4) is 0 Å². The molecule has 0 amide bonds. The van der Waals surface area contributed by atoms with Gasteiger partial charge in [-0.05, 0) is 76.0 Å². The Kier molecular flexibility index (Phi) is 29.8. The normalized spacial score (nSPS) is 13.4. The molecule has 1 rings (SSSR count). The number of phosphoric acid groups is 1. The Labute approximate surface area is 332 Å². The van der Waals surface area contributed by atoms with E-state index in [0.29, 0.717) is 19.3 Å². The first-order chi connectivity index (χ1) is 26.5. The van der Waals surface area contributed by atoms with Gasteiger partial charge in [0.2, 0.25) is 0 Å². The molecule has 1 unspecified atom stereocenters. The average Bonchev–Trinajstić information content (AvgIpc) is 3.42. The SMILES string of the molecule is CCCCCC(=O)/C=C/C=C\CCCCCCCC(=O)O[C@H](COC(=O)CCCCCCCCCCc1oc(CCC)c(C)c1C)COP(=O)(O)OCCN. The molecule has 0 aliphatic carbocycles. The zero-order chi connectivity index (χ0) is 40.6. The van der Waals surface area contributed by atoms with E-state index in [1.54, 1.807) is 6.08 Å². The molecule has 0 spiro atoms. The molecule has 0 radical (unpaired) electrons. The van der Waals surface area contributed by atoms with Gasteiger partial charge >= 0.3 is 19.8 Å². The van der Waals surface area contributed by atoms with Crippen LogP contribution in [-0.2, 0) is 50.3 Å². The zero-order valence-electron chi connectivity index (χ0n) is 34.6. The number of hydrogen-bond donors (Lipinski definition) is 2. The van der Waals surface area contributed by atoms with Gasteiger partial charge in [-0.2, -0.15) is 0 Å². The van der Waals surface area contributed by atoms with Gasteiger partial charge in [0.1, 0.15) is 18.1 Å². The molecule has 11 nitrogen and oxygen atoms in total. The van der Waals surface area contributed by atoms with E-state index in [1.807, 2.05) is 12.2 Å². The van der Waals surface area contributed by atoms with Crippen LogP contribution in [-0.4, -0.2) is 55.1 Å². The van der Waals surface area contributed by atoms with Crippen molar-refractivity contribution in [2.45, 2.75) is 181 Å². The first-order valence-electron chi connectivity index (χ1n) is 21.1. The van der Waals surface area contributed by atoms with Crippen LogP contribution in [0, 0.1) is 13.8 Å². The van der Waals surface area contributed by atoms with Gasteiger partial charge in [0.05, 0.1) is 13.2 Å². The summed E-state index contributed by atoms with van der Waals surface area (Å²) in [5, 5.41) is 0. The van der Waals surface area contributed by atoms with E-state index in [-0.39, 0.29) is 38.4 Å². The molecule has 0 saturated heterocycles. The summed E-state index contributed by atoms with van der Waals surface area (Å²) < 4.78 is 38.8. The van der Waals surface area contributed by atoms with Crippen molar-refractivity contribution in [1.82, 2.24) is 0 Å². The second-order valence-corrected chi connectivity index (χ2v) is 15.9. The Bertz CT molecular complexity index is 1290. The lowest BCUT2D eigenvalue weighted by Crippen LogP contribution is -2.29. The summed E-state index contributed by atoms with van der Waals surface area (Å²) in [5.41, 5.74) is 7.96. The lowest BCUT2D eigenvalue weighted by Gasteiger charge is -2.19. The molecule has 1 heterocycles. The Morgan fingerprint density at radius 3 is 1.93 bits per heavy atom. The maximum atomic E-state index is 12.6. The summed E-state index contributed by atoms with van der Waals surface area (Å²) in [7, 11) is -4.41. The fourth-order valence-electron chi connectivity index (χ4n) is 6.07. The molecule has 3 N–H and O–H groups in total. The van der Waals surface area contributed by atoms with Crippen molar-refractivity contribution in [2.24, 2.45) is 5.73 Å². The van der Waals surface area contributed by atoms with E-state index < -0.39 is 32.5 Å². The molecule has 0 aromatic carbocycles. The van der Waals surface area contributed by atoms with Crippen LogP contribution in [0.2, 0.25) is 0 Å². The number of furan rings is 1. The molecule has 1 aromatic heterocycles. The number of phosphoric ester groups is 1. The molecule has 0 aliphatic heterocycles. The van der Waals surface area contributed by atoms with E-state index in [9.17, 15) is 23.8 Å². The first kappa shape index (κ1) is 50.5. The molecule has 0 fully saturated rings. The summed E-state index contributed by atoms with van der Waals surface area (Å²) in [6, 6.07) is 0. The number of allylic oxidation sites excluding steroid dienone is 4. The third-order valence-corrected chi connectivity index (χ3v) is 10.5. The highest BCUT2D eigenvalue weighted by atomic mass is 31.2. The van der Waals surface area contributed by atoms with Crippen LogP contribution < -0.4 is 5.73 Å².